The van der Waals surface area contributed by atoms with Crippen molar-refractivity contribution in [3.63, 3.8) is 0 Å². The van der Waals surface area contributed by atoms with Crippen molar-refractivity contribution in [3.05, 3.63) is 95.1 Å². The van der Waals surface area contributed by atoms with Gasteiger partial charge in [-0.25, -0.2) is 0 Å². The van der Waals surface area contributed by atoms with Gasteiger partial charge in [0.15, 0.2) is 46.1 Å². The number of hydrogen-bond donors (Lipinski definition) is 2. The Kier molecular flexibility index (Phi) is 10.7. The molecule has 2 N–H and O–H groups in total. The maximum Gasteiger partial charge on any atom is 0.163 e. The highest BCUT2D eigenvalue weighted by Gasteiger charge is 2.21. The fourth-order valence-corrected chi connectivity index (χ4v) is 4.24. The van der Waals surface area contributed by atoms with E-state index in [9.17, 15) is 19.8 Å². The summed E-state index contributed by atoms with van der Waals surface area (Å²) in [5.41, 5.74) is 2.66. The zero-order chi connectivity index (χ0) is 29.9. The Hall–Kier alpha value is -4.98. The van der Waals surface area contributed by atoms with E-state index in [4.69, 9.17) is 18.9 Å². The third kappa shape index (κ3) is 7.79. The zero-order valence-corrected chi connectivity index (χ0v) is 23.7. The van der Waals surface area contributed by atoms with Crippen LogP contribution in [0.25, 0.3) is 12.2 Å². The lowest BCUT2D eigenvalue weighted by Gasteiger charge is -2.19. The van der Waals surface area contributed by atoms with Gasteiger partial charge in [-0.15, -0.1) is 0 Å². The predicted octanol–water partition coefficient (Wildman–Crippen LogP) is 6.10. The standard InChI is InChI=1S/C33H34O8/c1-6-7-26(23-11-15-29(38-2)31(19-23)40-4)27-16-22(18-32(41-5)33(27)37)9-13-25(35)20-24(34)12-8-21-10-14-28(36)30(17-21)39-3/h6-19,26,36-37H,20H2,1-5H3/b7-6+,12-8+,13-9+/t26-/m0/s1. The molecule has 0 fully saturated rings. The molecular formula is C33H34O8. The van der Waals surface area contributed by atoms with Gasteiger partial charge in [-0.3, -0.25) is 9.59 Å². The molecule has 0 bridgehead atoms. The molecule has 41 heavy (non-hydrogen) atoms. The zero-order valence-electron chi connectivity index (χ0n) is 23.7. The van der Waals surface area contributed by atoms with Gasteiger partial charge in [0.1, 0.15) is 0 Å². The number of hydrogen-bond acceptors (Lipinski definition) is 8. The minimum absolute atomic E-state index is 0.00827. The first kappa shape index (κ1) is 30.6. The van der Waals surface area contributed by atoms with Crippen molar-refractivity contribution in [2.45, 2.75) is 19.3 Å². The van der Waals surface area contributed by atoms with Crippen LogP contribution in [0.15, 0.2) is 72.8 Å². The van der Waals surface area contributed by atoms with Crippen LogP contribution in [0.2, 0.25) is 0 Å². The molecule has 0 radical (unpaired) electrons. The number of allylic oxidation sites excluding steroid dienone is 4. The first-order chi connectivity index (χ1) is 19.7. The van der Waals surface area contributed by atoms with Gasteiger partial charge in [0, 0.05) is 11.5 Å². The van der Waals surface area contributed by atoms with Crippen LogP contribution in [0.5, 0.6) is 34.5 Å². The molecule has 0 aliphatic carbocycles. The maximum atomic E-state index is 12.6. The molecule has 0 saturated carbocycles. The Morgan fingerprint density at radius 2 is 1.34 bits per heavy atom. The average molecular weight is 559 g/mol. The van der Waals surface area contributed by atoms with Crippen LogP contribution >= 0.6 is 0 Å². The Bertz CT molecular complexity index is 1480. The number of phenols is 2. The first-order valence-corrected chi connectivity index (χ1v) is 12.8. The molecule has 0 unspecified atom stereocenters. The van der Waals surface area contributed by atoms with Gasteiger partial charge in [0.05, 0.1) is 34.9 Å². The Morgan fingerprint density at radius 3 is 1.95 bits per heavy atom. The highest BCUT2D eigenvalue weighted by atomic mass is 16.5. The number of methoxy groups -OCH3 is 4. The van der Waals surface area contributed by atoms with Gasteiger partial charge >= 0.3 is 0 Å². The number of ketones is 2. The Morgan fingerprint density at radius 1 is 0.732 bits per heavy atom. The molecule has 0 amide bonds. The van der Waals surface area contributed by atoms with E-state index in [1.54, 1.807) is 56.7 Å². The van der Waals surface area contributed by atoms with Crippen LogP contribution in [-0.4, -0.2) is 50.2 Å². The number of phenolic OH excluding ortho intramolecular Hbond substituents is 2. The molecule has 8 nitrogen and oxygen atoms in total. The van der Waals surface area contributed by atoms with E-state index >= 15 is 0 Å². The number of carbonyl (C=O) groups is 2. The minimum Gasteiger partial charge on any atom is -0.504 e. The van der Waals surface area contributed by atoms with E-state index in [1.165, 1.54) is 32.4 Å². The third-order valence-corrected chi connectivity index (χ3v) is 6.31. The molecule has 0 aromatic heterocycles. The van der Waals surface area contributed by atoms with Crippen molar-refractivity contribution in [3.8, 4) is 34.5 Å². The second-order valence-corrected chi connectivity index (χ2v) is 8.99. The fourth-order valence-electron chi connectivity index (χ4n) is 4.24. The molecule has 3 aromatic rings. The third-order valence-electron chi connectivity index (χ3n) is 6.31. The van der Waals surface area contributed by atoms with E-state index in [0.29, 0.717) is 28.2 Å². The van der Waals surface area contributed by atoms with E-state index in [0.717, 1.165) is 5.56 Å². The number of rotatable bonds is 13. The van der Waals surface area contributed by atoms with Gasteiger partial charge in [-0.1, -0.05) is 36.4 Å². The number of aromatic hydroxyl groups is 2. The van der Waals surface area contributed by atoms with Crippen molar-refractivity contribution in [2.24, 2.45) is 0 Å². The summed E-state index contributed by atoms with van der Waals surface area (Å²) in [4.78, 5) is 24.9. The van der Waals surface area contributed by atoms with Gasteiger partial charge < -0.3 is 29.2 Å². The predicted molar refractivity (Wildman–Crippen MR) is 158 cm³/mol. The normalized spacial score (nSPS) is 12.1. The van der Waals surface area contributed by atoms with Gasteiger partial charge in [0.2, 0.25) is 0 Å². The number of benzene rings is 3. The average Bonchev–Trinajstić information content (AvgIpc) is 2.98. The number of carbonyl (C=O) groups excluding carboxylic acids is 2. The highest BCUT2D eigenvalue weighted by molar-refractivity contribution is 6.10. The summed E-state index contributed by atoms with van der Waals surface area (Å²) in [7, 11) is 6.00. The van der Waals surface area contributed by atoms with Crippen LogP contribution in [0.3, 0.4) is 0 Å². The van der Waals surface area contributed by atoms with Gasteiger partial charge in [0.25, 0.3) is 0 Å². The molecule has 214 valence electrons. The van der Waals surface area contributed by atoms with Crippen LogP contribution in [-0.2, 0) is 9.59 Å². The smallest absolute Gasteiger partial charge is 0.163 e. The second kappa shape index (κ2) is 14.4. The molecule has 0 heterocycles. The topological polar surface area (TPSA) is 112 Å². The molecule has 3 aromatic carbocycles. The van der Waals surface area contributed by atoms with Crippen LogP contribution in [0.1, 0.15) is 41.5 Å². The van der Waals surface area contributed by atoms with E-state index in [2.05, 4.69) is 0 Å². The summed E-state index contributed by atoms with van der Waals surface area (Å²) in [5, 5.41) is 20.7. The molecule has 3 rings (SSSR count). The van der Waals surface area contributed by atoms with Crippen LogP contribution < -0.4 is 18.9 Å². The molecule has 0 spiro atoms. The Balaban J connectivity index is 1.84. The SMILES string of the molecule is C/C=C/[C@@H](c1ccc(OC)c(OC)c1)c1cc(/C=C/C(=O)CC(=O)/C=C/c2ccc(O)c(OC)c2)cc(OC)c1O. The fraction of sp³-hybridized carbons (Fsp3) is 0.212. The van der Waals surface area contributed by atoms with Crippen molar-refractivity contribution < 1.29 is 38.7 Å². The van der Waals surface area contributed by atoms with Crippen molar-refractivity contribution in [1.29, 1.82) is 0 Å². The summed E-state index contributed by atoms with van der Waals surface area (Å²) < 4.78 is 21.3. The van der Waals surface area contributed by atoms with Gasteiger partial charge in [-0.05, 0) is 72.2 Å². The summed E-state index contributed by atoms with van der Waals surface area (Å²) in [5.74, 6) is 0.501. The van der Waals surface area contributed by atoms with E-state index in [-0.39, 0.29) is 46.9 Å². The largest absolute Gasteiger partial charge is 0.504 e. The van der Waals surface area contributed by atoms with Crippen molar-refractivity contribution >= 4 is 23.7 Å². The van der Waals surface area contributed by atoms with Crippen LogP contribution in [0, 0.1) is 0 Å². The van der Waals surface area contributed by atoms with Crippen molar-refractivity contribution in [2.75, 3.05) is 28.4 Å². The Labute approximate surface area is 239 Å². The maximum absolute atomic E-state index is 12.6. The summed E-state index contributed by atoms with van der Waals surface area (Å²) in [6, 6.07) is 13.6. The second-order valence-electron chi connectivity index (χ2n) is 8.99. The molecular weight excluding hydrogens is 524 g/mol. The van der Waals surface area contributed by atoms with Crippen LogP contribution in [0.4, 0.5) is 0 Å². The molecule has 0 aliphatic rings. The van der Waals surface area contributed by atoms with Crippen molar-refractivity contribution in [1.82, 2.24) is 0 Å². The lowest BCUT2D eigenvalue weighted by atomic mass is 9.88. The number of ether oxygens (including phenoxy) is 4. The summed E-state index contributed by atoms with van der Waals surface area (Å²) >= 11 is 0. The van der Waals surface area contributed by atoms with Gasteiger partial charge in [-0.2, -0.15) is 0 Å². The summed E-state index contributed by atoms with van der Waals surface area (Å²) in [6.07, 6.45) is 9.26. The summed E-state index contributed by atoms with van der Waals surface area (Å²) in [6.45, 7) is 1.88. The quantitative estimate of drug-likeness (QED) is 0.147. The monoisotopic (exact) mass is 558 g/mol. The van der Waals surface area contributed by atoms with E-state index in [1.807, 2.05) is 31.2 Å². The molecule has 0 saturated heterocycles. The lowest BCUT2D eigenvalue weighted by Crippen LogP contribution is -2.03. The van der Waals surface area contributed by atoms with E-state index < -0.39 is 0 Å². The highest BCUT2D eigenvalue weighted by Crippen LogP contribution is 2.41. The molecule has 8 heteroatoms. The first-order valence-electron chi connectivity index (χ1n) is 12.8. The lowest BCUT2D eigenvalue weighted by molar-refractivity contribution is -0.121. The molecule has 1 atom stereocenters. The molecule has 0 aliphatic heterocycles. The minimum atomic E-state index is -0.388.